The second-order valence-electron chi connectivity index (χ2n) is 4.17. The molecule has 1 aromatic carbocycles. The van der Waals surface area contributed by atoms with Crippen LogP contribution in [0, 0.1) is 11.6 Å². The molecule has 7 heteroatoms. The van der Waals surface area contributed by atoms with Crippen LogP contribution < -0.4 is 10.6 Å². The summed E-state index contributed by atoms with van der Waals surface area (Å²) >= 11 is 0. The Labute approximate surface area is 111 Å². The fraction of sp³-hybridized carbons (Fsp3) is 0. The van der Waals surface area contributed by atoms with Gasteiger partial charge < -0.3 is 5.73 Å². The first-order chi connectivity index (χ1) is 9.50. The average Bonchev–Trinajstić information content (AvgIpc) is 2.64. The van der Waals surface area contributed by atoms with Gasteiger partial charge in [-0.3, -0.25) is 9.59 Å². The van der Waals surface area contributed by atoms with Gasteiger partial charge in [0.2, 0.25) is 0 Å². The lowest BCUT2D eigenvalue weighted by Crippen LogP contribution is -2.30. The molecule has 1 aliphatic heterocycles. The van der Waals surface area contributed by atoms with Gasteiger partial charge in [-0.1, -0.05) is 0 Å². The Balaban J connectivity index is 2.17. The molecule has 0 aliphatic carbocycles. The Bertz CT molecular complexity index is 720. The molecule has 100 valence electrons. The van der Waals surface area contributed by atoms with E-state index in [1.807, 2.05) is 0 Å². The van der Waals surface area contributed by atoms with Crippen LogP contribution in [0.3, 0.4) is 0 Å². The van der Waals surface area contributed by atoms with Gasteiger partial charge in [0.25, 0.3) is 11.8 Å². The summed E-state index contributed by atoms with van der Waals surface area (Å²) in [4.78, 5) is 28.9. The highest BCUT2D eigenvalue weighted by Gasteiger charge is 2.39. The van der Waals surface area contributed by atoms with Gasteiger partial charge in [-0.15, -0.1) is 0 Å². The maximum Gasteiger partial charge on any atom is 0.267 e. The summed E-state index contributed by atoms with van der Waals surface area (Å²) in [5, 5.41) is 0. The van der Waals surface area contributed by atoms with Gasteiger partial charge in [0.15, 0.2) is 17.5 Å². The summed E-state index contributed by atoms with van der Waals surface area (Å²) in [5.41, 5.74) is 5.36. The van der Waals surface area contributed by atoms with Gasteiger partial charge in [-0.05, 0) is 24.3 Å². The molecule has 2 amide bonds. The molecular formula is C13H7F2N3O2. The van der Waals surface area contributed by atoms with Crippen LogP contribution in [-0.4, -0.2) is 16.8 Å². The van der Waals surface area contributed by atoms with E-state index in [2.05, 4.69) is 4.98 Å². The standard InChI is InChI=1S/C13H7F2N3O2/c14-8-4-6-7(5-9(8)15)13(20)18(12(6)19)11-10(16)2-1-3-17-11/h1-5H,16H2. The van der Waals surface area contributed by atoms with Crippen LogP contribution in [0.25, 0.3) is 0 Å². The molecule has 1 aliphatic rings. The lowest BCUT2D eigenvalue weighted by molar-refractivity contribution is 0.0925. The van der Waals surface area contributed by atoms with E-state index in [1.54, 1.807) is 0 Å². The number of amides is 2. The second-order valence-corrected chi connectivity index (χ2v) is 4.17. The molecule has 0 atom stereocenters. The van der Waals surface area contributed by atoms with Crippen molar-refractivity contribution in [2.75, 3.05) is 10.6 Å². The van der Waals surface area contributed by atoms with Gasteiger partial charge >= 0.3 is 0 Å². The van der Waals surface area contributed by atoms with Crippen molar-refractivity contribution in [1.29, 1.82) is 0 Å². The van der Waals surface area contributed by atoms with Gasteiger partial charge in [0, 0.05) is 6.20 Å². The van der Waals surface area contributed by atoms with E-state index in [-0.39, 0.29) is 22.6 Å². The molecule has 20 heavy (non-hydrogen) atoms. The number of anilines is 2. The van der Waals surface area contributed by atoms with E-state index < -0.39 is 23.4 Å². The highest BCUT2D eigenvalue weighted by molar-refractivity contribution is 6.34. The number of carbonyl (C=O) groups excluding carboxylic acids is 2. The zero-order valence-electron chi connectivity index (χ0n) is 9.93. The fourth-order valence-corrected chi connectivity index (χ4v) is 2.02. The molecule has 0 saturated carbocycles. The first-order valence-corrected chi connectivity index (χ1v) is 5.59. The van der Waals surface area contributed by atoms with E-state index in [4.69, 9.17) is 5.73 Å². The topological polar surface area (TPSA) is 76.3 Å². The third kappa shape index (κ3) is 1.56. The van der Waals surface area contributed by atoms with E-state index in [9.17, 15) is 18.4 Å². The average molecular weight is 275 g/mol. The van der Waals surface area contributed by atoms with E-state index in [1.165, 1.54) is 18.3 Å². The largest absolute Gasteiger partial charge is 0.396 e. The quantitative estimate of drug-likeness (QED) is 0.804. The van der Waals surface area contributed by atoms with Crippen LogP contribution in [0.1, 0.15) is 20.7 Å². The van der Waals surface area contributed by atoms with E-state index >= 15 is 0 Å². The van der Waals surface area contributed by atoms with Crippen molar-refractivity contribution < 1.29 is 18.4 Å². The first kappa shape index (κ1) is 12.2. The van der Waals surface area contributed by atoms with Gasteiger partial charge in [-0.25, -0.2) is 18.7 Å². The predicted molar refractivity (Wildman–Crippen MR) is 66.1 cm³/mol. The normalized spacial score (nSPS) is 13.8. The molecule has 0 fully saturated rings. The van der Waals surface area contributed by atoms with Crippen LogP contribution in [0.2, 0.25) is 0 Å². The number of benzene rings is 1. The number of carbonyl (C=O) groups is 2. The highest BCUT2D eigenvalue weighted by Crippen LogP contribution is 2.31. The maximum absolute atomic E-state index is 13.2. The number of aromatic nitrogens is 1. The van der Waals surface area contributed by atoms with Crippen molar-refractivity contribution >= 4 is 23.3 Å². The van der Waals surface area contributed by atoms with Crippen molar-refractivity contribution in [1.82, 2.24) is 4.98 Å². The minimum absolute atomic E-state index is 0.0560. The van der Waals surface area contributed by atoms with E-state index in [0.717, 1.165) is 0 Å². The maximum atomic E-state index is 13.2. The number of imide groups is 1. The Kier molecular flexibility index (Phi) is 2.50. The molecule has 0 unspecified atom stereocenters. The number of halogens is 2. The number of nitrogens with zero attached hydrogens (tertiary/aromatic N) is 2. The van der Waals surface area contributed by atoms with Crippen molar-refractivity contribution in [3.8, 4) is 0 Å². The lowest BCUT2D eigenvalue weighted by Gasteiger charge is -2.14. The summed E-state index contributed by atoms with van der Waals surface area (Å²) in [5.74, 6) is -4.01. The number of hydrogen-bond acceptors (Lipinski definition) is 4. The number of fused-ring (bicyclic) bond motifs is 1. The molecular weight excluding hydrogens is 268 g/mol. The molecule has 2 heterocycles. The zero-order chi connectivity index (χ0) is 14.4. The van der Waals surface area contributed by atoms with Crippen LogP contribution in [-0.2, 0) is 0 Å². The summed E-state index contributed by atoms with van der Waals surface area (Å²) in [7, 11) is 0. The molecule has 0 radical (unpaired) electrons. The van der Waals surface area contributed by atoms with Crippen LogP contribution >= 0.6 is 0 Å². The Morgan fingerprint density at radius 3 is 2.10 bits per heavy atom. The molecule has 3 rings (SSSR count). The molecule has 2 aromatic rings. The molecule has 0 spiro atoms. The van der Waals surface area contributed by atoms with Crippen LogP contribution in [0.15, 0.2) is 30.5 Å². The highest BCUT2D eigenvalue weighted by atomic mass is 19.2. The zero-order valence-corrected chi connectivity index (χ0v) is 9.93. The summed E-state index contributed by atoms with van der Waals surface area (Å²) in [6, 6.07) is 4.40. The second kappa shape index (κ2) is 4.09. The fourth-order valence-electron chi connectivity index (χ4n) is 2.02. The predicted octanol–water partition coefficient (Wildman–Crippen LogP) is 1.74. The summed E-state index contributed by atoms with van der Waals surface area (Å²) < 4.78 is 26.4. The molecule has 0 saturated heterocycles. The third-order valence-corrected chi connectivity index (χ3v) is 2.96. The summed E-state index contributed by atoms with van der Waals surface area (Å²) in [6.07, 6.45) is 1.36. The van der Waals surface area contributed by atoms with Gasteiger partial charge in [-0.2, -0.15) is 0 Å². The minimum Gasteiger partial charge on any atom is -0.396 e. The number of pyridine rings is 1. The number of nitrogens with two attached hydrogens (primary N) is 1. The first-order valence-electron chi connectivity index (χ1n) is 5.59. The van der Waals surface area contributed by atoms with Crippen LogP contribution in [0.5, 0.6) is 0 Å². The monoisotopic (exact) mass is 275 g/mol. The Morgan fingerprint density at radius 2 is 1.60 bits per heavy atom. The van der Waals surface area contributed by atoms with Crippen molar-refractivity contribution in [2.24, 2.45) is 0 Å². The summed E-state index contributed by atoms with van der Waals surface area (Å²) in [6.45, 7) is 0. The Morgan fingerprint density at radius 1 is 1.05 bits per heavy atom. The van der Waals surface area contributed by atoms with Gasteiger partial charge in [0.05, 0.1) is 16.8 Å². The number of rotatable bonds is 1. The molecule has 5 nitrogen and oxygen atoms in total. The van der Waals surface area contributed by atoms with Crippen molar-refractivity contribution in [3.05, 3.63) is 53.2 Å². The van der Waals surface area contributed by atoms with E-state index in [0.29, 0.717) is 17.0 Å². The molecule has 0 bridgehead atoms. The number of hydrogen-bond donors (Lipinski definition) is 1. The molecule has 2 N–H and O–H groups in total. The Hall–Kier alpha value is -2.83. The third-order valence-electron chi connectivity index (χ3n) is 2.96. The van der Waals surface area contributed by atoms with Crippen molar-refractivity contribution in [3.63, 3.8) is 0 Å². The number of nitrogen functional groups attached to an aromatic ring is 1. The van der Waals surface area contributed by atoms with Gasteiger partial charge in [0.1, 0.15) is 0 Å². The lowest BCUT2D eigenvalue weighted by atomic mass is 10.1. The SMILES string of the molecule is Nc1cccnc1N1C(=O)c2cc(F)c(F)cc2C1=O. The molecule has 1 aromatic heterocycles. The van der Waals surface area contributed by atoms with Crippen LogP contribution in [0.4, 0.5) is 20.3 Å². The smallest absolute Gasteiger partial charge is 0.267 e. The van der Waals surface area contributed by atoms with Crippen molar-refractivity contribution in [2.45, 2.75) is 0 Å². The minimum atomic E-state index is -1.19.